The molecule has 0 aliphatic carbocycles. The molecule has 4 aromatic rings. The summed E-state index contributed by atoms with van der Waals surface area (Å²) in [5.74, 6) is -0.996. The number of benzene rings is 2. The number of imidazole rings is 1. The van der Waals surface area contributed by atoms with E-state index in [0.717, 1.165) is 5.56 Å². The highest BCUT2D eigenvalue weighted by Gasteiger charge is 2.25. The average Bonchev–Trinajstić information content (AvgIpc) is 3.19. The standard InChI is InChI=1S/C25H23FN4O4/c26-18-8-6-16(7-9-18)24-23(21-10-11-27-15-28-21)29-25(17-4-2-1-3-5-17)30(24)14-20(32)12-19(31)13-22(33)34/h1-11,15,19-20,31-32H,12-14H2,(H,33,34)/t19-,20-/m1/s1. The van der Waals surface area contributed by atoms with Gasteiger partial charge in [0.2, 0.25) is 0 Å². The Morgan fingerprint density at radius 3 is 2.35 bits per heavy atom. The molecule has 2 atom stereocenters. The fraction of sp³-hybridized carbons (Fsp3) is 0.200. The van der Waals surface area contributed by atoms with Gasteiger partial charge >= 0.3 is 5.97 Å². The summed E-state index contributed by atoms with van der Waals surface area (Å²) in [6, 6.07) is 17.0. The Morgan fingerprint density at radius 2 is 1.71 bits per heavy atom. The van der Waals surface area contributed by atoms with Crippen molar-refractivity contribution >= 4 is 5.97 Å². The van der Waals surface area contributed by atoms with E-state index in [4.69, 9.17) is 10.1 Å². The Labute approximate surface area is 195 Å². The monoisotopic (exact) mass is 462 g/mol. The Balaban J connectivity index is 1.86. The van der Waals surface area contributed by atoms with Crippen LogP contribution in [-0.4, -0.2) is 53.0 Å². The fourth-order valence-electron chi connectivity index (χ4n) is 3.83. The Bertz CT molecular complexity index is 1250. The van der Waals surface area contributed by atoms with Crippen molar-refractivity contribution in [3.05, 3.63) is 79.0 Å². The van der Waals surface area contributed by atoms with E-state index >= 15 is 0 Å². The minimum Gasteiger partial charge on any atom is -0.481 e. The number of rotatable bonds is 9. The molecule has 2 aromatic carbocycles. The number of halogens is 1. The lowest BCUT2D eigenvalue weighted by Crippen LogP contribution is -2.25. The second kappa shape index (κ2) is 10.3. The Morgan fingerprint density at radius 1 is 0.971 bits per heavy atom. The van der Waals surface area contributed by atoms with Gasteiger partial charge in [0.25, 0.3) is 0 Å². The van der Waals surface area contributed by atoms with Crippen LogP contribution in [-0.2, 0) is 11.3 Å². The molecule has 9 heteroatoms. The molecule has 174 valence electrons. The summed E-state index contributed by atoms with van der Waals surface area (Å²) in [5, 5.41) is 29.7. The molecule has 34 heavy (non-hydrogen) atoms. The second-order valence-electron chi connectivity index (χ2n) is 7.85. The van der Waals surface area contributed by atoms with Crippen molar-refractivity contribution in [1.29, 1.82) is 0 Å². The molecule has 0 bridgehead atoms. The van der Waals surface area contributed by atoms with Crippen molar-refractivity contribution in [2.75, 3.05) is 0 Å². The van der Waals surface area contributed by atoms with Crippen LogP contribution in [0.2, 0.25) is 0 Å². The van der Waals surface area contributed by atoms with Gasteiger partial charge in [0.1, 0.15) is 23.7 Å². The van der Waals surface area contributed by atoms with E-state index < -0.39 is 30.4 Å². The van der Waals surface area contributed by atoms with E-state index in [2.05, 4.69) is 9.97 Å². The van der Waals surface area contributed by atoms with E-state index in [1.807, 2.05) is 30.3 Å². The number of hydrogen-bond donors (Lipinski definition) is 3. The number of aliphatic hydroxyl groups excluding tert-OH is 2. The summed E-state index contributed by atoms with van der Waals surface area (Å²) in [4.78, 5) is 24.1. The van der Waals surface area contributed by atoms with Gasteiger partial charge < -0.3 is 19.9 Å². The summed E-state index contributed by atoms with van der Waals surface area (Å²) in [7, 11) is 0. The summed E-state index contributed by atoms with van der Waals surface area (Å²) in [6.45, 7) is 0.0195. The molecule has 2 heterocycles. The smallest absolute Gasteiger partial charge is 0.305 e. The van der Waals surface area contributed by atoms with Crippen molar-refractivity contribution in [3.8, 4) is 34.0 Å². The van der Waals surface area contributed by atoms with Crippen LogP contribution in [0.1, 0.15) is 12.8 Å². The highest BCUT2D eigenvalue weighted by Crippen LogP contribution is 2.36. The first-order chi connectivity index (χ1) is 16.4. The van der Waals surface area contributed by atoms with Gasteiger partial charge in [0, 0.05) is 23.7 Å². The maximum atomic E-state index is 13.7. The molecule has 4 rings (SSSR count). The van der Waals surface area contributed by atoms with Crippen LogP contribution in [0.4, 0.5) is 4.39 Å². The van der Waals surface area contributed by atoms with E-state index in [-0.39, 0.29) is 13.0 Å². The van der Waals surface area contributed by atoms with Gasteiger partial charge in [-0.2, -0.15) is 0 Å². The molecule has 0 aliphatic rings. The average molecular weight is 462 g/mol. The maximum Gasteiger partial charge on any atom is 0.305 e. The molecule has 3 N–H and O–H groups in total. The van der Waals surface area contributed by atoms with Crippen molar-refractivity contribution < 1.29 is 24.5 Å². The topological polar surface area (TPSA) is 121 Å². The first-order valence-electron chi connectivity index (χ1n) is 10.7. The van der Waals surface area contributed by atoms with Crippen LogP contribution in [0, 0.1) is 5.82 Å². The van der Waals surface area contributed by atoms with E-state index in [1.54, 1.807) is 29.0 Å². The maximum absolute atomic E-state index is 13.7. The predicted molar refractivity (Wildman–Crippen MR) is 123 cm³/mol. The zero-order chi connectivity index (χ0) is 24.1. The van der Waals surface area contributed by atoms with Crippen LogP contribution >= 0.6 is 0 Å². The summed E-state index contributed by atoms with van der Waals surface area (Å²) < 4.78 is 15.5. The van der Waals surface area contributed by atoms with E-state index in [1.165, 1.54) is 18.5 Å². The lowest BCUT2D eigenvalue weighted by atomic mass is 10.1. The molecular weight excluding hydrogens is 439 g/mol. The molecule has 0 saturated carbocycles. The molecule has 8 nitrogen and oxygen atoms in total. The number of carboxylic acid groups (broad SMARTS) is 1. The quantitative estimate of drug-likeness (QED) is 0.349. The molecule has 0 radical (unpaired) electrons. The van der Waals surface area contributed by atoms with Crippen molar-refractivity contribution in [2.45, 2.75) is 31.6 Å². The highest BCUT2D eigenvalue weighted by molar-refractivity contribution is 5.80. The summed E-state index contributed by atoms with van der Waals surface area (Å²) in [6.07, 6.45) is 0.126. The van der Waals surface area contributed by atoms with E-state index in [0.29, 0.717) is 28.5 Å². The predicted octanol–water partition coefficient (Wildman–Crippen LogP) is 3.40. The van der Waals surface area contributed by atoms with E-state index in [9.17, 15) is 19.4 Å². The van der Waals surface area contributed by atoms with Gasteiger partial charge in [-0.1, -0.05) is 30.3 Å². The van der Waals surface area contributed by atoms with Crippen LogP contribution in [0.25, 0.3) is 34.0 Å². The normalized spacial score (nSPS) is 12.9. The third-order valence-corrected chi connectivity index (χ3v) is 5.29. The molecule has 0 amide bonds. The number of carbonyl (C=O) groups is 1. The molecule has 0 spiro atoms. The highest BCUT2D eigenvalue weighted by atomic mass is 19.1. The Hall–Kier alpha value is -3.95. The zero-order valence-electron chi connectivity index (χ0n) is 18.1. The number of aromatic nitrogens is 4. The second-order valence-corrected chi connectivity index (χ2v) is 7.85. The third-order valence-electron chi connectivity index (χ3n) is 5.29. The molecule has 0 saturated heterocycles. The van der Waals surface area contributed by atoms with Gasteiger partial charge in [-0.3, -0.25) is 4.79 Å². The summed E-state index contributed by atoms with van der Waals surface area (Å²) in [5.41, 5.74) is 3.11. The number of carboxylic acids is 1. The fourth-order valence-corrected chi connectivity index (χ4v) is 3.83. The van der Waals surface area contributed by atoms with Gasteiger partial charge in [-0.15, -0.1) is 0 Å². The zero-order valence-corrected chi connectivity index (χ0v) is 18.1. The number of aliphatic hydroxyl groups is 2. The molecule has 0 aliphatic heterocycles. The number of nitrogens with zero attached hydrogens (tertiary/aromatic N) is 4. The minimum absolute atomic E-state index is 0.0195. The van der Waals surface area contributed by atoms with Crippen LogP contribution in [0.15, 0.2) is 73.2 Å². The van der Waals surface area contributed by atoms with Gasteiger partial charge in [0.05, 0.1) is 36.6 Å². The van der Waals surface area contributed by atoms with Gasteiger partial charge in [-0.05, 0) is 30.3 Å². The van der Waals surface area contributed by atoms with Crippen molar-refractivity contribution in [3.63, 3.8) is 0 Å². The minimum atomic E-state index is -1.20. The van der Waals surface area contributed by atoms with Crippen molar-refractivity contribution in [1.82, 2.24) is 19.5 Å². The third kappa shape index (κ3) is 5.33. The van der Waals surface area contributed by atoms with Gasteiger partial charge in [0.15, 0.2) is 0 Å². The SMILES string of the molecule is O=C(O)C[C@H](O)C[C@@H](O)Cn1c(-c2ccccc2)nc(-c2ccncn2)c1-c1ccc(F)cc1. The number of hydrogen-bond acceptors (Lipinski definition) is 6. The lowest BCUT2D eigenvalue weighted by molar-refractivity contribution is -0.139. The first kappa shape index (κ1) is 23.2. The lowest BCUT2D eigenvalue weighted by Gasteiger charge is -2.19. The van der Waals surface area contributed by atoms with Crippen molar-refractivity contribution in [2.24, 2.45) is 0 Å². The van der Waals surface area contributed by atoms with Crippen LogP contribution < -0.4 is 0 Å². The molecule has 0 fully saturated rings. The number of aliphatic carboxylic acids is 1. The van der Waals surface area contributed by atoms with Crippen LogP contribution in [0.5, 0.6) is 0 Å². The molecular formula is C25H23FN4O4. The molecule has 2 aromatic heterocycles. The first-order valence-corrected chi connectivity index (χ1v) is 10.7. The molecule has 0 unspecified atom stereocenters. The summed E-state index contributed by atoms with van der Waals surface area (Å²) >= 11 is 0. The largest absolute Gasteiger partial charge is 0.481 e. The van der Waals surface area contributed by atoms with Crippen LogP contribution in [0.3, 0.4) is 0 Å². The van der Waals surface area contributed by atoms with Gasteiger partial charge in [-0.25, -0.2) is 19.3 Å². The Kier molecular flexibility index (Phi) is 7.05.